The highest BCUT2D eigenvalue weighted by Crippen LogP contribution is 2.30. The lowest BCUT2D eigenvalue weighted by atomic mass is 9.96. The van der Waals surface area contributed by atoms with E-state index in [-0.39, 0.29) is 18.4 Å². The summed E-state index contributed by atoms with van der Waals surface area (Å²) in [4.78, 5) is 36.0. The zero-order valence-corrected chi connectivity index (χ0v) is 17.0. The van der Waals surface area contributed by atoms with Crippen LogP contribution < -0.4 is 10.2 Å². The van der Waals surface area contributed by atoms with Crippen molar-refractivity contribution in [2.45, 2.75) is 25.7 Å². The molecule has 0 aliphatic carbocycles. The van der Waals surface area contributed by atoms with Crippen molar-refractivity contribution in [3.63, 3.8) is 0 Å². The summed E-state index contributed by atoms with van der Waals surface area (Å²) in [6, 6.07) is 9.42. The fraction of sp³-hybridized carbons (Fsp3) is 0.409. The molecule has 0 radical (unpaired) electrons. The smallest absolute Gasteiger partial charge is 0.309 e. The van der Waals surface area contributed by atoms with Gasteiger partial charge in [-0.1, -0.05) is 18.2 Å². The minimum atomic E-state index is -1.10. The van der Waals surface area contributed by atoms with Gasteiger partial charge in [-0.2, -0.15) is 5.26 Å². The second-order valence-corrected chi connectivity index (χ2v) is 7.03. The summed E-state index contributed by atoms with van der Waals surface area (Å²) in [5, 5.41) is 12.4. The maximum atomic E-state index is 12.6. The van der Waals surface area contributed by atoms with Crippen LogP contribution in [0, 0.1) is 17.2 Å². The molecule has 0 saturated carbocycles. The van der Waals surface area contributed by atoms with Crippen molar-refractivity contribution < 1.29 is 14.3 Å². The van der Waals surface area contributed by atoms with Crippen molar-refractivity contribution in [2.24, 2.45) is 5.92 Å². The molecule has 2 heterocycles. The van der Waals surface area contributed by atoms with Gasteiger partial charge in [0.15, 0.2) is 11.7 Å². The van der Waals surface area contributed by atoms with Gasteiger partial charge in [0.25, 0.3) is 0 Å². The number of para-hydroxylation sites is 2. The van der Waals surface area contributed by atoms with E-state index in [2.05, 4.69) is 22.9 Å². The van der Waals surface area contributed by atoms with E-state index in [0.29, 0.717) is 55.1 Å². The number of rotatable bonds is 7. The largest absolute Gasteiger partial charge is 0.466 e. The van der Waals surface area contributed by atoms with Crippen LogP contribution in [0.1, 0.15) is 31.4 Å². The lowest BCUT2D eigenvalue weighted by Crippen LogP contribution is -2.39. The molecule has 1 aliphatic rings. The first-order valence-corrected chi connectivity index (χ1v) is 10.1. The zero-order chi connectivity index (χ0) is 21.5. The second kappa shape index (κ2) is 9.83. The third-order valence-corrected chi connectivity index (χ3v) is 5.08. The number of benzene rings is 1. The average Bonchev–Trinajstić information content (AvgIpc) is 2.78. The number of anilines is 1. The number of piperidine rings is 1. The molecule has 30 heavy (non-hydrogen) atoms. The molecule has 1 aromatic heterocycles. The predicted octanol–water partition coefficient (Wildman–Crippen LogP) is 2.32. The van der Waals surface area contributed by atoms with Gasteiger partial charge in [-0.15, -0.1) is 6.58 Å². The Morgan fingerprint density at radius 2 is 2.00 bits per heavy atom. The summed E-state index contributed by atoms with van der Waals surface area (Å²) in [5.74, 6) is -1.36. The molecule has 1 amide bonds. The van der Waals surface area contributed by atoms with Crippen molar-refractivity contribution >= 4 is 28.7 Å². The molecule has 8 heteroatoms. The minimum Gasteiger partial charge on any atom is -0.466 e. The van der Waals surface area contributed by atoms with Gasteiger partial charge >= 0.3 is 5.97 Å². The topological polar surface area (TPSA) is 108 Å². The number of hydrogen-bond donors (Lipinski definition) is 1. The van der Waals surface area contributed by atoms with Crippen LogP contribution in [0.4, 0.5) is 5.82 Å². The van der Waals surface area contributed by atoms with Gasteiger partial charge < -0.3 is 15.0 Å². The predicted molar refractivity (Wildman–Crippen MR) is 113 cm³/mol. The number of fused-ring (bicyclic) bond motifs is 1. The molecular weight excluding hydrogens is 382 g/mol. The van der Waals surface area contributed by atoms with E-state index >= 15 is 0 Å². The van der Waals surface area contributed by atoms with Crippen LogP contribution in [-0.2, 0) is 14.3 Å². The van der Waals surface area contributed by atoms with E-state index in [1.54, 1.807) is 19.1 Å². The Kier molecular flexibility index (Phi) is 6.96. The standard InChI is InChI=1S/C22H25N5O3/c1-3-11-24-21(28)16(14-23)19-20(26-18-8-6-5-7-17(18)25-19)27-12-9-15(10-13-27)22(29)30-4-2/h3,5-8,15-16H,1,4,9-13H2,2H3,(H,24,28)/t16-/m0/s1. The Hall–Kier alpha value is -3.47. The summed E-state index contributed by atoms with van der Waals surface area (Å²) >= 11 is 0. The van der Waals surface area contributed by atoms with E-state index in [0.717, 1.165) is 0 Å². The second-order valence-electron chi connectivity index (χ2n) is 7.03. The number of amides is 1. The first-order chi connectivity index (χ1) is 14.6. The van der Waals surface area contributed by atoms with E-state index in [9.17, 15) is 14.9 Å². The number of carbonyl (C=O) groups is 2. The molecule has 3 rings (SSSR count). The van der Waals surface area contributed by atoms with Crippen LogP contribution in [0.25, 0.3) is 11.0 Å². The van der Waals surface area contributed by atoms with Crippen molar-refractivity contribution in [2.75, 3.05) is 31.1 Å². The number of nitrogens with zero attached hydrogens (tertiary/aromatic N) is 4. The van der Waals surface area contributed by atoms with Crippen molar-refractivity contribution in [1.82, 2.24) is 15.3 Å². The van der Waals surface area contributed by atoms with Gasteiger partial charge in [0.05, 0.1) is 29.6 Å². The zero-order valence-electron chi connectivity index (χ0n) is 17.0. The van der Waals surface area contributed by atoms with E-state index in [1.165, 1.54) is 0 Å². The molecule has 0 bridgehead atoms. The van der Waals surface area contributed by atoms with Crippen LogP contribution in [0.5, 0.6) is 0 Å². The molecule has 0 spiro atoms. The van der Waals surface area contributed by atoms with Crippen molar-refractivity contribution in [3.05, 3.63) is 42.6 Å². The highest BCUT2D eigenvalue weighted by atomic mass is 16.5. The van der Waals surface area contributed by atoms with E-state index in [4.69, 9.17) is 9.72 Å². The third kappa shape index (κ3) is 4.57. The number of hydrogen-bond acceptors (Lipinski definition) is 7. The molecule has 1 atom stereocenters. The Morgan fingerprint density at radius 1 is 1.33 bits per heavy atom. The van der Waals surface area contributed by atoms with Crippen molar-refractivity contribution in [3.8, 4) is 6.07 Å². The average molecular weight is 407 g/mol. The number of ether oxygens (including phenoxy) is 1. The molecular formula is C22H25N5O3. The molecule has 1 saturated heterocycles. The van der Waals surface area contributed by atoms with Gasteiger partial charge in [-0.25, -0.2) is 9.97 Å². The molecule has 1 aliphatic heterocycles. The maximum absolute atomic E-state index is 12.6. The van der Waals surface area contributed by atoms with Crippen LogP contribution in [-0.4, -0.2) is 48.1 Å². The summed E-state index contributed by atoms with van der Waals surface area (Å²) < 4.78 is 5.14. The first-order valence-electron chi connectivity index (χ1n) is 10.1. The maximum Gasteiger partial charge on any atom is 0.309 e. The van der Waals surface area contributed by atoms with Gasteiger partial charge in [-0.05, 0) is 31.9 Å². The Labute approximate surface area is 175 Å². The van der Waals surface area contributed by atoms with Crippen LogP contribution in [0.3, 0.4) is 0 Å². The Bertz CT molecular complexity index is 976. The normalized spacial score (nSPS) is 15.3. The van der Waals surface area contributed by atoms with Crippen LogP contribution in [0.2, 0.25) is 0 Å². The molecule has 8 nitrogen and oxygen atoms in total. The summed E-state index contributed by atoms with van der Waals surface area (Å²) in [7, 11) is 0. The summed E-state index contributed by atoms with van der Waals surface area (Å²) in [6.07, 6.45) is 2.79. The first kappa shape index (κ1) is 21.2. The number of aromatic nitrogens is 2. The molecule has 0 unspecified atom stereocenters. The van der Waals surface area contributed by atoms with Crippen LogP contribution in [0.15, 0.2) is 36.9 Å². The number of esters is 1. The lowest BCUT2D eigenvalue weighted by molar-refractivity contribution is -0.148. The Balaban J connectivity index is 1.94. The third-order valence-electron chi connectivity index (χ3n) is 5.08. The fourth-order valence-electron chi connectivity index (χ4n) is 3.54. The highest BCUT2D eigenvalue weighted by molar-refractivity contribution is 5.89. The monoisotopic (exact) mass is 407 g/mol. The number of nitrogens with one attached hydrogen (secondary N) is 1. The highest BCUT2D eigenvalue weighted by Gasteiger charge is 2.32. The molecule has 156 valence electrons. The minimum absolute atomic E-state index is 0.152. The van der Waals surface area contributed by atoms with Crippen molar-refractivity contribution in [1.29, 1.82) is 5.26 Å². The lowest BCUT2D eigenvalue weighted by Gasteiger charge is -2.33. The van der Waals surface area contributed by atoms with E-state index in [1.807, 2.05) is 23.1 Å². The molecule has 2 aromatic rings. The molecule has 1 fully saturated rings. The summed E-state index contributed by atoms with van der Waals surface area (Å²) in [5.41, 5.74) is 1.63. The molecule has 1 aromatic carbocycles. The Morgan fingerprint density at radius 3 is 2.60 bits per heavy atom. The SMILES string of the molecule is C=CCNC(=O)[C@@H](C#N)c1nc2ccccc2nc1N1CCC(C(=O)OCC)CC1. The van der Waals surface area contributed by atoms with Gasteiger partial charge in [0.2, 0.25) is 5.91 Å². The number of nitriles is 1. The van der Waals surface area contributed by atoms with E-state index < -0.39 is 11.8 Å². The van der Waals surface area contributed by atoms with Gasteiger partial charge in [0, 0.05) is 19.6 Å². The summed E-state index contributed by atoms with van der Waals surface area (Å²) in [6.45, 7) is 7.14. The van der Waals surface area contributed by atoms with Gasteiger partial charge in [0.1, 0.15) is 5.69 Å². The quantitative estimate of drug-likeness (QED) is 0.554. The fourth-order valence-corrected chi connectivity index (χ4v) is 3.54. The van der Waals surface area contributed by atoms with Gasteiger partial charge in [-0.3, -0.25) is 9.59 Å². The number of carbonyl (C=O) groups excluding carboxylic acids is 2. The van der Waals surface area contributed by atoms with Crippen LogP contribution >= 0.6 is 0 Å². The molecule has 1 N–H and O–H groups in total.